The number of rotatable bonds is 4. The zero-order valence-electron chi connectivity index (χ0n) is 10.8. The summed E-state index contributed by atoms with van der Waals surface area (Å²) in [6.45, 7) is 1.71. The zero-order valence-corrected chi connectivity index (χ0v) is 10.8. The van der Waals surface area contributed by atoms with Crippen molar-refractivity contribution in [1.82, 2.24) is 0 Å². The van der Waals surface area contributed by atoms with E-state index < -0.39 is 5.91 Å². The Morgan fingerprint density at radius 3 is 2.16 bits per heavy atom. The van der Waals surface area contributed by atoms with Crippen molar-refractivity contribution in [3.8, 4) is 0 Å². The average molecular weight is 252 g/mol. The van der Waals surface area contributed by atoms with Gasteiger partial charge in [-0.3, -0.25) is 4.79 Å². The first-order valence-electron chi connectivity index (χ1n) is 6.05. The van der Waals surface area contributed by atoms with E-state index in [0.29, 0.717) is 5.57 Å². The van der Waals surface area contributed by atoms with Crippen molar-refractivity contribution >= 4 is 23.4 Å². The van der Waals surface area contributed by atoms with Gasteiger partial charge in [0.2, 0.25) is 5.91 Å². The lowest BCUT2D eigenvalue weighted by molar-refractivity contribution is -0.114. The molecule has 96 valence electrons. The minimum absolute atomic E-state index is 0.397. The molecule has 2 aromatic carbocycles. The summed E-state index contributed by atoms with van der Waals surface area (Å²) in [6.07, 6.45) is 1.77. The van der Waals surface area contributed by atoms with E-state index in [1.54, 1.807) is 13.0 Å². The number of nitrogens with one attached hydrogen (secondary N) is 1. The molecule has 3 N–H and O–H groups in total. The van der Waals surface area contributed by atoms with Crippen LogP contribution in [-0.2, 0) is 4.79 Å². The van der Waals surface area contributed by atoms with E-state index in [4.69, 9.17) is 5.73 Å². The molecule has 0 saturated carbocycles. The molecule has 0 aliphatic rings. The lowest BCUT2D eigenvalue weighted by Crippen LogP contribution is -2.11. The number of carbonyl (C=O) groups is 1. The molecule has 0 saturated heterocycles. The van der Waals surface area contributed by atoms with Gasteiger partial charge in [0, 0.05) is 16.9 Å². The second kappa shape index (κ2) is 5.87. The topological polar surface area (TPSA) is 55.1 Å². The second-order valence-corrected chi connectivity index (χ2v) is 4.30. The Labute approximate surface area is 112 Å². The molecule has 0 atom stereocenters. The Bertz CT molecular complexity index is 586. The number of hydrogen-bond acceptors (Lipinski definition) is 2. The van der Waals surface area contributed by atoms with Crippen LogP contribution in [0, 0.1) is 0 Å². The SMILES string of the molecule is C/C(=C\c1ccc(Nc2ccccc2)cc1)C(N)=O. The molecule has 0 heterocycles. The molecule has 0 bridgehead atoms. The Balaban J connectivity index is 2.11. The van der Waals surface area contributed by atoms with Crippen LogP contribution in [0.4, 0.5) is 11.4 Å². The molecule has 1 amide bonds. The van der Waals surface area contributed by atoms with E-state index in [1.165, 1.54) is 0 Å². The molecule has 0 aliphatic carbocycles. The highest BCUT2D eigenvalue weighted by atomic mass is 16.1. The third kappa shape index (κ3) is 3.71. The van der Waals surface area contributed by atoms with E-state index in [-0.39, 0.29) is 0 Å². The first kappa shape index (κ1) is 12.9. The third-order valence-electron chi connectivity index (χ3n) is 2.74. The molecule has 0 radical (unpaired) electrons. The Hall–Kier alpha value is -2.55. The number of anilines is 2. The molecule has 0 unspecified atom stereocenters. The molecule has 0 aromatic heterocycles. The summed E-state index contributed by atoms with van der Waals surface area (Å²) in [5.74, 6) is -0.397. The number of hydrogen-bond donors (Lipinski definition) is 2. The van der Waals surface area contributed by atoms with Gasteiger partial charge in [0.25, 0.3) is 0 Å². The second-order valence-electron chi connectivity index (χ2n) is 4.30. The summed E-state index contributed by atoms with van der Waals surface area (Å²) >= 11 is 0. The molecule has 3 nitrogen and oxygen atoms in total. The van der Waals surface area contributed by atoms with Crippen LogP contribution in [-0.4, -0.2) is 5.91 Å². The van der Waals surface area contributed by atoms with E-state index in [1.807, 2.05) is 54.6 Å². The van der Waals surface area contributed by atoms with Crippen LogP contribution in [0.1, 0.15) is 12.5 Å². The van der Waals surface area contributed by atoms with Crippen molar-refractivity contribution in [2.45, 2.75) is 6.92 Å². The lowest BCUT2D eigenvalue weighted by atomic mass is 10.1. The highest BCUT2D eigenvalue weighted by Gasteiger charge is 1.98. The maximum atomic E-state index is 11.0. The number of primary amides is 1. The fourth-order valence-electron chi connectivity index (χ4n) is 1.67. The lowest BCUT2D eigenvalue weighted by Gasteiger charge is -2.06. The summed E-state index contributed by atoms with van der Waals surface area (Å²) < 4.78 is 0. The number of amides is 1. The maximum Gasteiger partial charge on any atom is 0.244 e. The van der Waals surface area contributed by atoms with Crippen LogP contribution in [0.2, 0.25) is 0 Å². The molecule has 0 aliphatic heterocycles. The number of para-hydroxylation sites is 1. The monoisotopic (exact) mass is 252 g/mol. The quantitative estimate of drug-likeness (QED) is 0.820. The van der Waals surface area contributed by atoms with Crippen molar-refractivity contribution < 1.29 is 4.79 Å². The van der Waals surface area contributed by atoms with Gasteiger partial charge < -0.3 is 11.1 Å². The highest BCUT2D eigenvalue weighted by Crippen LogP contribution is 2.17. The van der Waals surface area contributed by atoms with Crippen LogP contribution < -0.4 is 11.1 Å². The summed E-state index contributed by atoms with van der Waals surface area (Å²) in [5, 5.41) is 3.29. The first-order chi connectivity index (χ1) is 9.15. The zero-order chi connectivity index (χ0) is 13.7. The minimum Gasteiger partial charge on any atom is -0.366 e. The van der Waals surface area contributed by atoms with Crippen LogP contribution in [0.15, 0.2) is 60.2 Å². The van der Waals surface area contributed by atoms with Crippen LogP contribution >= 0.6 is 0 Å². The Morgan fingerprint density at radius 1 is 1.00 bits per heavy atom. The van der Waals surface area contributed by atoms with Crippen LogP contribution in [0.5, 0.6) is 0 Å². The number of carbonyl (C=O) groups excluding carboxylic acids is 1. The maximum absolute atomic E-state index is 11.0. The molecule has 0 spiro atoms. The molecule has 2 aromatic rings. The molecule has 3 heteroatoms. The molecule has 19 heavy (non-hydrogen) atoms. The average Bonchev–Trinajstić information content (AvgIpc) is 2.42. The van der Waals surface area contributed by atoms with Gasteiger partial charge in [0.05, 0.1) is 0 Å². The van der Waals surface area contributed by atoms with Crippen LogP contribution in [0.3, 0.4) is 0 Å². The Kier molecular flexibility index (Phi) is 3.98. The first-order valence-corrected chi connectivity index (χ1v) is 6.05. The highest BCUT2D eigenvalue weighted by molar-refractivity contribution is 5.95. The van der Waals surface area contributed by atoms with Gasteiger partial charge >= 0.3 is 0 Å². The normalized spacial score (nSPS) is 11.1. The van der Waals surface area contributed by atoms with E-state index in [0.717, 1.165) is 16.9 Å². The van der Waals surface area contributed by atoms with Gasteiger partial charge in [-0.1, -0.05) is 30.3 Å². The van der Waals surface area contributed by atoms with Crippen molar-refractivity contribution in [1.29, 1.82) is 0 Å². The molecular weight excluding hydrogens is 236 g/mol. The van der Waals surface area contributed by atoms with Crippen molar-refractivity contribution in [3.63, 3.8) is 0 Å². The van der Waals surface area contributed by atoms with Gasteiger partial charge in [0.1, 0.15) is 0 Å². The molecule has 0 fully saturated rings. The molecular formula is C16H16N2O. The van der Waals surface area contributed by atoms with Crippen LogP contribution in [0.25, 0.3) is 6.08 Å². The number of benzene rings is 2. The predicted octanol–water partition coefficient (Wildman–Crippen LogP) is 3.32. The van der Waals surface area contributed by atoms with E-state index in [9.17, 15) is 4.79 Å². The van der Waals surface area contributed by atoms with Gasteiger partial charge in [-0.05, 0) is 42.8 Å². The smallest absolute Gasteiger partial charge is 0.244 e. The van der Waals surface area contributed by atoms with Gasteiger partial charge in [-0.2, -0.15) is 0 Å². The fraction of sp³-hybridized carbons (Fsp3) is 0.0625. The Morgan fingerprint density at radius 2 is 1.58 bits per heavy atom. The third-order valence-corrected chi connectivity index (χ3v) is 2.74. The number of nitrogens with two attached hydrogens (primary N) is 1. The predicted molar refractivity (Wildman–Crippen MR) is 79.0 cm³/mol. The van der Waals surface area contributed by atoms with Gasteiger partial charge in [0.15, 0.2) is 0 Å². The van der Waals surface area contributed by atoms with Gasteiger partial charge in [-0.15, -0.1) is 0 Å². The fourth-order valence-corrected chi connectivity index (χ4v) is 1.67. The van der Waals surface area contributed by atoms with E-state index >= 15 is 0 Å². The van der Waals surface area contributed by atoms with E-state index in [2.05, 4.69) is 5.32 Å². The van der Waals surface area contributed by atoms with Crippen molar-refractivity contribution in [3.05, 3.63) is 65.7 Å². The largest absolute Gasteiger partial charge is 0.366 e. The summed E-state index contributed by atoms with van der Waals surface area (Å²) in [5.41, 5.74) is 8.74. The standard InChI is InChI=1S/C16H16N2O/c1-12(16(17)19)11-13-7-9-15(10-8-13)18-14-5-3-2-4-6-14/h2-11,18H,1H3,(H2,17,19)/b12-11+. The van der Waals surface area contributed by atoms with Gasteiger partial charge in [-0.25, -0.2) is 0 Å². The van der Waals surface area contributed by atoms with Crippen molar-refractivity contribution in [2.75, 3.05) is 5.32 Å². The summed E-state index contributed by atoms with van der Waals surface area (Å²) in [4.78, 5) is 11.0. The van der Waals surface area contributed by atoms with Crippen molar-refractivity contribution in [2.24, 2.45) is 5.73 Å². The summed E-state index contributed by atoms with van der Waals surface area (Å²) in [7, 11) is 0. The minimum atomic E-state index is -0.397. The summed E-state index contributed by atoms with van der Waals surface area (Å²) in [6, 6.07) is 17.8. The molecule has 2 rings (SSSR count).